The number of thioether (sulfide) groups is 1. The Morgan fingerprint density at radius 1 is 0.971 bits per heavy atom. The van der Waals surface area contributed by atoms with Gasteiger partial charge in [0.1, 0.15) is 16.7 Å². The van der Waals surface area contributed by atoms with Crippen molar-refractivity contribution in [3.63, 3.8) is 0 Å². The second-order valence-corrected chi connectivity index (χ2v) is 9.91. The molecule has 4 aromatic rings. The van der Waals surface area contributed by atoms with E-state index in [1.165, 1.54) is 11.8 Å². The SMILES string of the molecule is O=C1C(=Cc2cn(CCOc3ccccc3Cl)c3ccccc23)SC(=S)N1Cc1ccccc1. The lowest BCUT2D eigenvalue weighted by atomic mass is 10.1. The minimum Gasteiger partial charge on any atom is -0.490 e. The summed E-state index contributed by atoms with van der Waals surface area (Å²) in [7, 11) is 0. The van der Waals surface area contributed by atoms with E-state index in [4.69, 9.17) is 28.6 Å². The first-order valence-corrected chi connectivity index (χ1v) is 12.4. The Morgan fingerprint density at radius 2 is 1.71 bits per heavy atom. The van der Waals surface area contributed by atoms with Crippen molar-refractivity contribution in [2.24, 2.45) is 0 Å². The van der Waals surface area contributed by atoms with Crippen LogP contribution in [0.5, 0.6) is 5.75 Å². The van der Waals surface area contributed by atoms with Crippen molar-refractivity contribution in [1.29, 1.82) is 0 Å². The first-order chi connectivity index (χ1) is 16.6. The van der Waals surface area contributed by atoms with Crippen molar-refractivity contribution in [2.45, 2.75) is 13.1 Å². The molecule has 7 heteroatoms. The fourth-order valence-corrected chi connectivity index (χ4v) is 5.37. The summed E-state index contributed by atoms with van der Waals surface area (Å²) in [5.41, 5.74) is 3.11. The van der Waals surface area contributed by atoms with Crippen LogP contribution in [0.15, 0.2) is 90.0 Å². The number of amides is 1. The lowest BCUT2D eigenvalue weighted by Crippen LogP contribution is -2.27. The van der Waals surface area contributed by atoms with E-state index >= 15 is 0 Å². The maximum absolute atomic E-state index is 13.1. The molecule has 0 bridgehead atoms. The number of nitrogens with zero attached hydrogens (tertiary/aromatic N) is 2. The Kier molecular flexibility index (Phi) is 6.72. The monoisotopic (exact) mass is 504 g/mol. The third-order valence-corrected chi connectivity index (χ3v) is 7.28. The summed E-state index contributed by atoms with van der Waals surface area (Å²) in [4.78, 5) is 15.4. The Morgan fingerprint density at radius 3 is 2.53 bits per heavy atom. The van der Waals surface area contributed by atoms with Gasteiger partial charge >= 0.3 is 0 Å². The average molecular weight is 505 g/mol. The van der Waals surface area contributed by atoms with Crippen molar-refractivity contribution < 1.29 is 9.53 Å². The van der Waals surface area contributed by atoms with Gasteiger partial charge in [0, 0.05) is 22.7 Å². The molecule has 0 unspecified atom stereocenters. The van der Waals surface area contributed by atoms with Gasteiger partial charge < -0.3 is 9.30 Å². The summed E-state index contributed by atoms with van der Waals surface area (Å²) in [5.74, 6) is 0.612. The van der Waals surface area contributed by atoms with E-state index < -0.39 is 0 Å². The van der Waals surface area contributed by atoms with Gasteiger partial charge in [-0.2, -0.15) is 0 Å². The highest BCUT2D eigenvalue weighted by molar-refractivity contribution is 8.26. The summed E-state index contributed by atoms with van der Waals surface area (Å²) in [5, 5.41) is 1.67. The van der Waals surface area contributed by atoms with Gasteiger partial charge in [0.25, 0.3) is 5.91 Å². The highest BCUT2D eigenvalue weighted by atomic mass is 35.5. The van der Waals surface area contributed by atoms with Crippen LogP contribution in [-0.4, -0.2) is 26.3 Å². The van der Waals surface area contributed by atoms with Crippen LogP contribution in [0.1, 0.15) is 11.1 Å². The molecule has 34 heavy (non-hydrogen) atoms. The van der Waals surface area contributed by atoms with E-state index in [1.807, 2.05) is 72.8 Å². The highest BCUT2D eigenvalue weighted by Crippen LogP contribution is 2.35. The van der Waals surface area contributed by atoms with E-state index in [2.05, 4.69) is 22.9 Å². The standard InChI is InChI=1S/C27H21ClN2O2S2/c28-22-11-5-7-13-24(22)32-15-14-29-18-20(21-10-4-6-12-23(21)29)16-25-26(31)30(27(33)34-25)17-19-8-2-1-3-9-19/h1-13,16,18H,14-15,17H2. The number of carbonyl (C=O) groups is 1. The molecule has 0 N–H and O–H groups in total. The number of para-hydroxylation sites is 2. The number of aromatic nitrogens is 1. The first-order valence-electron chi connectivity index (χ1n) is 10.8. The summed E-state index contributed by atoms with van der Waals surface area (Å²) < 4.78 is 8.61. The smallest absolute Gasteiger partial charge is 0.266 e. The predicted molar refractivity (Wildman–Crippen MR) is 144 cm³/mol. The van der Waals surface area contributed by atoms with Crippen LogP contribution < -0.4 is 4.74 Å². The fourth-order valence-electron chi connectivity index (χ4n) is 3.93. The molecule has 2 heterocycles. The van der Waals surface area contributed by atoms with Crippen molar-refractivity contribution in [3.05, 3.63) is 106 Å². The lowest BCUT2D eigenvalue weighted by molar-refractivity contribution is -0.122. The van der Waals surface area contributed by atoms with E-state index in [9.17, 15) is 4.79 Å². The number of halogens is 1. The molecule has 0 radical (unpaired) electrons. The van der Waals surface area contributed by atoms with Gasteiger partial charge in [-0.25, -0.2) is 0 Å². The highest BCUT2D eigenvalue weighted by Gasteiger charge is 2.32. The largest absolute Gasteiger partial charge is 0.490 e. The number of carbonyl (C=O) groups excluding carboxylic acids is 1. The van der Waals surface area contributed by atoms with Crippen molar-refractivity contribution in [3.8, 4) is 5.75 Å². The molecule has 170 valence electrons. The number of hydrogen-bond donors (Lipinski definition) is 0. The Labute approximate surface area is 212 Å². The minimum atomic E-state index is -0.0577. The number of rotatable bonds is 7. The predicted octanol–water partition coefficient (Wildman–Crippen LogP) is 6.78. The van der Waals surface area contributed by atoms with Crippen molar-refractivity contribution in [2.75, 3.05) is 6.61 Å². The van der Waals surface area contributed by atoms with Gasteiger partial charge in [0.2, 0.25) is 0 Å². The maximum Gasteiger partial charge on any atom is 0.266 e. The first kappa shape index (κ1) is 22.7. The number of hydrogen-bond acceptors (Lipinski definition) is 4. The van der Waals surface area contributed by atoms with Gasteiger partial charge in [-0.05, 0) is 29.8 Å². The van der Waals surface area contributed by atoms with Crippen LogP contribution in [0, 0.1) is 0 Å². The lowest BCUT2D eigenvalue weighted by Gasteiger charge is -2.14. The van der Waals surface area contributed by atoms with Gasteiger partial charge in [-0.15, -0.1) is 0 Å². The Bertz CT molecular complexity index is 1400. The topological polar surface area (TPSA) is 34.5 Å². The fraction of sp³-hybridized carbons (Fsp3) is 0.111. The van der Waals surface area contributed by atoms with Gasteiger partial charge in [-0.3, -0.25) is 9.69 Å². The number of ether oxygens (including phenoxy) is 1. The number of thiocarbonyl (C=S) groups is 1. The molecule has 1 fully saturated rings. The molecular weight excluding hydrogens is 484 g/mol. The summed E-state index contributed by atoms with van der Waals surface area (Å²) in [6, 6.07) is 25.5. The zero-order chi connectivity index (χ0) is 23.5. The molecular formula is C27H21ClN2O2S2. The molecule has 1 aliphatic rings. The summed E-state index contributed by atoms with van der Waals surface area (Å²) in [6.07, 6.45) is 4.00. The molecule has 0 atom stereocenters. The van der Waals surface area contributed by atoms with Crippen LogP contribution in [0.4, 0.5) is 0 Å². The van der Waals surface area contributed by atoms with Crippen molar-refractivity contribution >= 4 is 62.8 Å². The molecule has 0 saturated carbocycles. The average Bonchev–Trinajstić information content (AvgIpc) is 3.33. The molecule has 4 nitrogen and oxygen atoms in total. The number of benzene rings is 3. The molecule has 1 amide bonds. The third-order valence-electron chi connectivity index (χ3n) is 5.59. The zero-order valence-corrected chi connectivity index (χ0v) is 20.6. The van der Waals surface area contributed by atoms with Crippen LogP contribution in [-0.2, 0) is 17.9 Å². The van der Waals surface area contributed by atoms with E-state index in [0.717, 1.165) is 22.0 Å². The Hall–Kier alpha value is -3.06. The second kappa shape index (κ2) is 10.1. The second-order valence-electron chi connectivity index (χ2n) is 7.83. The van der Waals surface area contributed by atoms with E-state index in [1.54, 1.807) is 4.90 Å². The summed E-state index contributed by atoms with van der Waals surface area (Å²) in [6.45, 7) is 1.60. The molecule has 0 aliphatic carbocycles. The molecule has 3 aromatic carbocycles. The van der Waals surface area contributed by atoms with Crippen LogP contribution >= 0.6 is 35.6 Å². The van der Waals surface area contributed by atoms with Crippen LogP contribution in [0.2, 0.25) is 5.02 Å². The summed E-state index contributed by atoms with van der Waals surface area (Å²) >= 11 is 13.1. The molecule has 5 rings (SSSR count). The molecule has 1 aromatic heterocycles. The van der Waals surface area contributed by atoms with E-state index in [-0.39, 0.29) is 5.91 Å². The maximum atomic E-state index is 13.1. The normalized spacial score (nSPS) is 15.0. The molecule has 1 aliphatic heterocycles. The Balaban J connectivity index is 1.37. The molecule has 0 spiro atoms. The quantitative estimate of drug-likeness (QED) is 0.205. The van der Waals surface area contributed by atoms with Gasteiger partial charge in [0.05, 0.1) is 23.0 Å². The molecule has 1 saturated heterocycles. The number of fused-ring (bicyclic) bond motifs is 1. The van der Waals surface area contributed by atoms with Gasteiger partial charge in [0.15, 0.2) is 0 Å². The van der Waals surface area contributed by atoms with Gasteiger partial charge in [-0.1, -0.05) is 96.2 Å². The third kappa shape index (κ3) is 4.75. The van der Waals surface area contributed by atoms with Crippen LogP contribution in [0.3, 0.4) is 0 Å². The zero-order valence-electron chi connectivity index (χ0n) is 18.2. The van der Waals surface area contributed by atoms with Crippen LogP contribution in [0.25, 0.3) is 17.0 Å². The minimum absolute atomic E-state index is 0.0577. The van der Waals surface area contributed by atoms with Crippen molar-refractivity contribution in [1.82, 2.24) is 9.47 Å². The van der Waals surface area contributed by atoms with E-state index in [0.29, 0.717) is 39.7 Å².